The summed E-state index contributed by atoms with van der Waals surface area (Å²) < 4.78 is 13.2. The van der Waals surface area contributed by atoms with E-state index in [0.717, 1.165) is 24.0 Å². The lowest BCUT2D eigenvalue weighted by Gasteiger charge is -2.17. The maximum absolute atomic E-state index is 5.54. The molecular formula is C14H20N2O2. The van der Waals surface area contributed by atoms with Crippen molar-refractivity contribution in [2.45, 2.75) is 33.1 Å². The number of para-hydroxylation sites is 2. The number of aromatic nitrogens is 2. The second-order valence-electron chi connectivity index (χ2n) is 4.06. The van der Waals surface area contributed by atoms with Gasteiger partial charge < -0.3 is 14.0 Å². The van der Waals surface area contributed by atoms with Gasteiger partial charge in [0.05, 0.1) is 17.4 Å². The number of benzene rings is 1. The van der Waals surface area contributed by atoms with Crippen molar-refractivity contribution in [1.29, 1.82) is 0 Å². The Morgan fingerprint density at radius 3 is 2.61 bits per heavy atom. The fourth-order valence-electron chi connectivity index (χ4n) is 2.02. The van der Waals surface area contributed by atoms with Crippen LogP contribution in [-0.2, 0) is 16.0 Å². The van der Waals surface area contributed by atoms with E-state index in [0.29, 0.717) is 13.2 Å². The summed E-state index contributed by atoms with van der Waals surface area (Å²) in [6.45, 7) is 6.17. The van der Waals surface area contributed by atoms with Crippen LogP contribution in [0.3, 0.4) is 0 Å². The molecule has 0 spiro atoms. The Kier molecular flexibility index (Phi) is 4.73. The van der Waals surface area contributed by atoms with Crippen LogP contribution in [0.1, 0.15) is 20.3 Å². The van der Waals surface area contributed by atoms with Gasteiger partial charge in [-0.1, -0.05) is 12.1 Å². The average molecular weight is 248 g/mol. The van der Waals surface area contributed by atoms with Crippen LogP contribution in [0.2, 0.25) is 0 Å². The minimum atomic E-state index is -0.124. The van der Waals surface area contributed by atoms with Gasteiger partial charge in [-0.3, -0.25) is 0 Å². The molecule has 0 aliphatic carbocycles. The molecule has 4 nitrogen and oxygen atoms in total. The van der Waals surface area contributed by atoms with Gasteiger partial charge in [0.2, 0.25) is 0 Å². The molecule has 18 heavy (non-hydrogen) atoms. The third-order valence-electron chi connectivity index (χ3n) is 2.84. The summed E-state index contributed by atoms with van der Waals surface area (Å²) in [7, 11) is 0. The van der Waals surface area contributed by atoms with E-state index in [1.165, 1.54) is 0 Å². The highest BCUT2D eigenvalue weighted by molar-refractivity contribution is 5.74. The SMILES string of the molecule is CCOC(CCn1cnc2ccccc21)OCC. The van der Waals surface area contributed by atoms with Gasteiger partial charge in [0.25, 0.3) is 0 Å². The molecule has 0 unspecified atom stereocenters. The number of ether oxygens (including phenoxy) is 2. The molecule has 2 aromatic rings. The van der Waals surface area contributed by atoms with Crippen molar-refractivity contribution in [1.82, 2.24) is 9.55 Å². The molecule has 0 fully saturated rings. The molecule has 0 saturated heterocycles. The Morgan fingerprint density at radius 2 is 1.89 bits per heavy atom. The summed E-state index contributed by atoms with van der Waals surface area (Å²) in [5.74, 6) is 0. The van der Waals surface area contributed by atoms with E-state index in [-0.39, 0.29) is 6.29 Å². The number of rotatable bonds is 7. The lowest BCUT2D eigenvalue weighted by atomic mass is 10.3. The molecule has 1 aromatic carbocycles. The largest absolute Gasteiger partial charge is 0.353 e. The lowest BCUT2D eigenvalue weighted by molar-refractivity contribution is -0.140. The summed E-state index contributed by atoms with van der Waals surface area (Å²) in [6, 6.07) is 8.14. The summed E-state index contributed by atoms with van der Waals surface area (Å²) in [5.41, 5.74) is 2.19. The molecule has 2 rings (SSSR count). The van der Waals surface area contributed by atoms with E-state index in [1.54, 1.807) is 0 Å². The highest BCUT2D eigenvalue weighted by atomic mass is 16.7. The first-order valence-corrected chi connectivity index (χ1v) is 6.48. The van der Waals surface area contributed by atoms with Crippen LogP contribution in [0.5, 0.6) is 0 Å². The first-order valence-electron chi connectivity index (χ1n) is 6.48. The van der Waals surface area contributed by atoms with E-state index in [9.17, 15) is 0 Å². The van der Waals surface area contributed by atoms with Gasteiger partial charge in [0.1, 0.15) is 0 Å². The smallest absolute Gasteiger partial charge is 0.159 e. The quantitative estimate of drug-likeness (QED) is 0.707. The molecule has 0 bridgehead atoms. The average Bonchev–Trinajstić information content (AvgIpc) is 2.80. The van der Waals surface area contributed by atoms with E-state index in [2.05, 4.69) is 15.6 Å². The number of hydrogen-bond acceptors (Lipinski definition) is 3. The van der Waals surface area contributed by atoms with Crippen LogP contribution in [0.4, 0.5) is 0 Å². The predicted octanol–water partition coefficient (Wildman–Crippen LogP) is 2.83. The van der Waals surface area contributed by atoms with Gasteiger partial charge >= 0.3 is 0 Å². The van der Waals surface area contributed by atoms with E-state index < -0.39 is 0 Å². The van der Waals surface area contributed by atoms with Gasteiger partial charge in [-0.05, 0) is 26.0 Å². The molecule has 0 amide bonds. The van der Waals surface area contributed by atoms with E-state index in [1.807, 2.05) is 38.4 Å². The summed E-state index contributed by atoms with van der Waals surface area (Å²) >= 11 is 0. The Labute approximate surface area is 108 Å². The van der Waals surface area contributed by atoms with Crippen molar-refractivity contribution in [3.63, 3.8) is 0 Å². The molecule has 1 heterocycles. The Bertz CT molecular complexity index is 475. The predicted molar refractivity (Wildman–Crippen MR) is 71.4 cm³/mol. The van der Waals surface area contributed by atoms with Crippen molar-refractivity contribution < 1.29 is 9.47 Å². The fourth-order valence-corrected chi connectivity index (χ4v) is 2.02. The van der Waals surface area contributed by atoms with Gasteiger partial charge in [0, 0.05) is 26.2 Å². The normalized spacial score (nSPS) is 11.5. The Balaban J connectivity index is 2.00. The maximum atomic E-state index is 5.54. The topological polar surface area (TPSA) is 36.3 Å². The number of hydrogen-bond donors (Lipinski definition) is 0. The van der Waals surface area contributed by atoms with E-state index >= 15 is 0 Å². The lowest BCUT2D eigenvalue weighted by Crippen LogP contribution is -2.19. The molecule has 1 aromatic heterocycles. The molecule has 0 radical (unpaired) electrons. The third-order valence-corrected chi connectivity index (χ3v) is 2.84. The van der Waals surface area contributed by atoms with Crippen molar-refractivity contribution in [3.05, 3.63) is 30.6 Å². The number of aryl methyl sites for hydroxylation is 1. The molecule has 0 aliphatic rings. The number of fused-ring (bicyclic) bond motifs is 1. The standard InChI is InChI=1S/C14H20N2O2/c1-3-17-14(18-4-2)9-10-16-11-15-12-7-5-6-8-13(12)16/h5-8,11,14H,3-4,9-10H2,1-2H3. The summed E-state index contributed by atoms with van der Waals surface area (Å²) in [5, 5.41) is 0. The molecule has 0 saturated carbocycles. The van der Waals surface area contributed by atoms with Crippen molar-refractivity contribution >= 4 is 11.0 Å². The van der Waals surface area contributed by atoms with Gasteiger partial charge in [0.15, 0.2) is 6.29 Å². The van der Waals surface area contributed by atoms with Gasteiger partial charge in [-0.25, -0.2) is 4.98 Å². The number of nitrogens with zero attached hydrogens (tertiary/aromatic N) is 2. The van der Waals surface area contributed by atoms with Crippen LogP contribution >= 0.6 is 0 Å². The van der Waals surface area contributed by atoms with Crippen molar-refractivity contribution in [2.75, 3.05) is 13.2 Å². The van der Waals surface area contributed by atoms with E-state index in [4.69, 9.17) is 9.47 Å². The highest BCUT2D eigenvalue weighted by Crippen LogP contribution is 2.13. The van der Waals surface area contributed by atoms with Crippen LogP contribution in [0.25, 0.3) is 11.0 Å². The highest BCUT2D eigenvalue weighted by Gasteiger charge is 2.09. The van der Waals surface area contributed by atoms with Crippen LogP contribution in [0.15, 0.2) is 30.6 Å². The first kappa shape index (κ1) is 13.1. The molecule has 98 valence electrons. The molecule has 0 aliphatic heterocycles. The van der Waals surface area contributed by atoms with Crippen molar-refractivity contribution in [2.24, 2.45) is 0 Å². The van der Waals surface area contributed by atoms with Crippen LogP contribution in [0, 0.1) is 0 Å². The summed E-state index contributed by atoms with van der Waals surface area (Å²) in [6.07, 6.45) is 2.59. The molecular weight excluding hydrogens is 228 g/mol. The van der Waals surface area contributed by atoms with Crippen LogP contribution in [-0.4, -0.2) is 29.1 Å². The van der Waals surface area contributed by atoms with Gasteiger partial charge in [-0.15, -0.1) is 0 Å². The second kappa shape index (κ2) is 6.52. The molecule has 0 atom stereocenters. The second-order valence-corrected chi connectivity index (χ2v) is 4.06. The van der Waals surface area contributed by atoms with Crippen molar-refractivity contribution in [3.8, 4) is 0 Å². The summed E-state index contributed by atoms with van der Waals surface area (Å²) in [4.78, 5) is 4.37. The maximum Gasteiger partial charge on any atom is 0.159 e. The Hall–Kier alpha value is -1.39. The Morgan fingerprint density at radius 1 is 1.17 bits per heavy atom. The zero-order valence-corrected chi connectivity index (χ0v) is 11.0. The fraction of sp³-hybridized carbons (Fsp3) is 0.500. The zero-order chi connectivity index (χ0) is 12.8. The minimum Gasteiger partial charge on any atom is -0.353 e. The monoisotopic (exact) mass is 248 g/mol. The minimum absolute atomic E-state index is 0.124. The molecule has 0 N–H and O–H groups in total. The van der Waals surface area contributed by atoms with Gasteiger partial charge in [-0.2, -0.15) is 0 Å². The first-order chi connectivity index (χ1) is 8.85. The van der Waals surface area contributed by atoms with Crippen LogP contribution < -0.4 is 0 Å². The zero-order valence-electron chi connectivity index (χ0n) is 11.0. The third kappa shape index (κ3) is 3.09. The number of imidazole rings is 1. The molecule has 4 heteroatoms.